The van der Waals surface area contributed by atoms with Crippen LogP contribution in [0.5, 0.6) is 0 Å². The average Bonchev–Trinajstić information content (AvgIpc) is 2.53. The number of allylic oxidation sites excluding steroid dienone is 4. The normalized spacial score (nSPS) is 12.5. The molecule has 0 amide bonds. The van der Waals surface area contributed by atoms with Crippen LogP contribution in [0, 0.1) is 0 Å². The van der Waals surface area contributed by atoms with Gasteiger partial charge in [0.1, 0.15) is 0 Å². The fourth-order valence-electron chi connectivity index (χ4n) is 1.14. The predicted molar refractivity (Wildman–Crippen MR) is 126 cm³/mol. The Morgan fingerprint density at radius 3 is 1.11 bits per heavy atom. The van der Waals surface area contributed by atoms with Gasteiger partial charge in [-0.15, -0.1) is 23.2 Å². The van der Waals surface area contributed by atoms with E-state index < -0.39 is 16.6 Å². The van der Waals surface area contributed by atoms with Crippen molar-refractivity contribution in [2.24, 2.45) is 0 Å². The molecule has 0 unspecified atom stereocenters. The summed E-state index contributed by atoms with van der Waals surface area (Å²) in [6.07, 6.45) is 14.7. The second-order valence-electron chi connectivity index (χ2n) is 7.03. The number of hydrogen-bond donors (Lipinski definition) is 2. The van der Waals surface area contributed by atoms with E-state index >= 15 is 0 Å². The Hall–Kier alpha value is -0.186. The molecule has 0 saturated carbocycles. The Labute approximate surface area is 178 Å². The molecule has 0 aliphatic rings. The van der Waals surface area contributed by atoms with E-state index in [2.05, 4.69) is 39.3 Å². The van der Waals surface area contributed by atoms with E-state index in [1.165, 1.54) is 0 Å². The zero-order valence-electron chi connectivity index (χ0n) is 17.6. The minimum absolute atomic E-state index is 0.0514. The number of aliphatic hydroxyl groups is 2. The van der Waals surface area contributed by atoms with Crippen molar-refractivity contribution in [3.63, 3.8) is 0 Å². The lowest BCUT2D eigenvalue weighted by molar-refractivity contribution is 0.341. The van der Waals surface area contributed by atoms with Crippen molar-refractivity contribution in [2.75, 3.05) is 31.8 Å². The molecule has 0 bridgehead atoms. The smallest absolute Gasteiger partial charge is 0.184 e. The predicted octanol–water partition coefficient (Wildman–Crippen LogP) is 5.31. The summed E-state index contributed by atoms with van der Waals surface area (Å²) < 4.78 is 11.4. The monoisotopic (exact) mass is 456 g/mol. The summed E-state index contributed by atoms with van der Waals surface area (Å²) in [6.45, 7) is 14.7. The molecule has 0 aromatic rings. The summed E-state index contributed by atoms with van der Waals surface area (Å²) in [4.78, 5) is 0. The van der Waals surface area contributed by atoms with Gasteiger partial charge in [-0.1, -0.05) is 48.6 Å². The third-order valence-corrected chi connectivity index (χ3v) is 4.27. The molecule has 160 valence electrons. The van der Waals surface area contributed by atoms with Gasteiger partial charge in [-0.2, -0.15) is 0 Å². The molecule has 0 heterocycles. The van der Waals surface area contributed by atoms with Crippen LogP contribution < -0.4 is 0 Å². The van der Waals surface area contributed by atoms with E-state index in [1.807, 2.05) is 24.3 Å². The van der Waals surface area contributed by atoms with E-state index in [0.717, 1.165) is 13.2 Å². The van der Waals surface area contributed by atoms with Crippen LogP contribution in [-0.2, 0) is 8.85 Å². The SMILES string of the molecule is C[Si](C)(C)OC/C=C/C=C/CO[Si](C)(C)C.ClCCl.OC/C=C/C=C/CO. The molecule has 0 rings (SSSR count). The Balaban J connectivity index is -0.000000436. The molecule has 0 aliphatic heterocycles. The minimum atomic E-state index is -1.35. The first kappa shape index (κ1) is 31.5. The molecule has 0 saturated heterocycles. The van der Waals surface area contributed by atoms with Gasteiger partial charge in [0.15, 0.2) is 16.6 Å². The van der Waals surface area contributed by atoms with E-state index in [0.29, 0.717) is 0 Å². The zero-order valence-corrected chi connectivity index (χ0v) is 21.1. The largest absolute Gasteiger partial charge is 0.414 e. The highest BCUT2D eigenvalue weighted by Crippen LogP contribution is 2.02. The van der Waals surface area contributed by atoms with Crippen molar-refractivity contribution in [3.8, 4) is 0 Å². The van der Waals surface area contributed by atoms with Crippen LogP contribution in [0.1, 0.15) is 0 Å². The van der Waals surface area contributed by atoms with E-state index in [9.17, 15) is 0 Å². The summed E-state index contributed by atoms with van der Waals surface area (Å²) >= 11 is 9.53. The van der Waals surface area contributed by atoms with Crippen LogP contribution in [0.3, 0.4) is 0 Å². The van der Waals surface area contributed by atoms with Crippen molar-refractivity contribution in [1.29, 1.82) is 0 Å². The summed E-state index contributed by atoms with van der Waals surface area (Å²) in [6, 6.07) is 0. The Bertz CT molecular complexity index is 375. The van der Waals surface area contributed by atoms with Gasteiger partial charge in [-0.25, -0.2) is 0 Å². The van der Waals surface area contributed by atoms with Gasteiger partial charge in [0.05, 0.1) is 31.8 Å². The van der Waals surface area contributed by atoms with Gasteiger partial charge in [0.2, 0.25) is 0 Å². The molecule has 8 heteroatoms. The maximum absolute atomic E-state index is 8.18. The molecule has 27 heavy (non-hydrogen) atoms. The summed E-state index contributed by atoms with van der Waals surface area (Å²) in [5, 5.41) is 16.6. The molecule has 0 aromatic heterocycles. The number of rotatable bonds is 10. The third kappa shape index (κ3) is 46.1. The van der Waals surface area contributed by atoms with Crippen LogP contribution in [0.4, 0.5) is 0 Å². The van der Waals surface area contributed by atoms with Crippen LogP contribution >= 0.6 is 23.2 Å². The zero-order chi connectivity index (χ0) is 21.6. The topological polar surface area (TPSA) is 58.9 Å². The third-order valence-electron chi connectivity index (χ3n) is 2.20. The van der Waals surface area contributed by atoms with Crippen LogP contribution in [0.2, 0.25) is 39.3 Å². The van der Waals surface area contributed by atoms with E-state index in [1.54, 1.807) is 24.3 Å². The summed E-state index contributed by atoms with van der Waals surface area (Å²) in [5.41, 5.74) is 0. The lowest BCUT2D eigenvalue weighted by Gasteiger charge is -2.15. The van der Waals surface area contributed by atoms with Crippen molar-refractivity contribution in [2.45, 2.75) is 39.3 Å². The number of alkyl halides is 2. The average molecular weight is 458 g/mol. The number of halogens is 2. The highest BCUT2D eigenvalue weighted by atomic mass is 35.5. The van der Waals surface area contributed by atoms with Crippen LogP contribution in [-0.4, -0.2) is 58.6 Å². The standard InChI is InChI=1S/C12H26O2Si2.C6H10O2.CH2Cl2/c1-15(2,3)13-11-9-7-8-10-12-14-16(4,5)6;7-5-3-1-2-4-6-8;2-1-3/h7-10H,11-12H2,1-6H3;1-4,7-8H,5-6H2;1H2/b9-7+,10-8+;3-1+,4-2+;. The lowest BCUT2D eigenvalue weighted by atomic mass is 10.4. The molecule has 0 fully saturated rings. The molecule has 0 atom stereocenters. The minimum Gasteiger partial charge on any atom is -0.414 e. The first-order chi connectivity index (χ1) is 12.5. The van der Waals surface area contributed by atoms with Crippen molar-refractivity contribution >= 4 is 39.8 Å². The van der Waals surface area contributed by atoms with Crippen LogP contribution in [0.25, 0.3) is 0 Å². The lowest BCUT2D eigenvalue weighted by Crippen LogP contribution is -2.25. The van der Waals surface area contributed by atoms with Crippen LogP contribution in [0.15, 0.2) is 48.6 Å². The molecule has 2 N–H and O–H groups in total. The molecule has 4 nitrogen and oxygen atoms in total. The molecule has 0 spiro atoms. The molecular weight excluding hydrogens is 419 g/mol. The van der Waals surface area contributed by atoms with E-state index in [4.69, 9.17) is 42.3 Å². The molecule has 0 aromatic carbocycles. The maximum atomic E-state index is 8.18. The first-order valence-corrected chi connectivity index (χ1v) is 16.7. The number of hydrogen-bond acceptors (Lipinski definition) is 4. The second kappa shape index (κ2) is 22.1. The van der Waals surface area contributed by atoms with Gasteiger partial charge in [0, 0.05) is 0 Å². The highest BCUT2D eigenvalue weighted by Gasteiger charge is 2.12. The summed E-state index contributed by atoms with van der Waals surface area (Å²) in [5.74, 6) is 0. The van der Waals surface area contributed by atoms with Crippen molar-refractivity contribution in [3.05, 3.63) is 48.6 Å². The Morgan fingerprint density at radius 1 is 0.630 bits per heavy atom. The molecule has 0 radical (unpaired) electrons. The molecular formula is C19H38Cl2O4Si2. The summed E-state index contributed by atoms with van der Waals surface area (Å²) in [7, 11) is -2.70. The maximum Gasteiger partial charge on any atom is 0.184 e. The van der Waals surface area contributed by atoms with Gasteiger partial charge in [0.25, 0.3) is 0 Å². The Morgan fingerprint density at radius 2 is 0.889 bits per heavy atom. The van der Waals surface area contributed by atoms with Crippen molar-refractivity contribution < 1.29 is 19.1 Å². The molecule has 0 aliphatic carbocycles. The van der Waals surface area contributed by atoms with Gasteiger partial charge < -0.3 is 19.1 Å². The fraction of sp³-hybridized carbons (Fsp3) is 0.579. The van der Waals surface area contributed by atoms with E-state index in [-0.39, 0.29) is 18.6 Å². The van der Waals surface area contributed by atoms with Gasteiger partial charge >= 0.3 is 0 Å². The number of aliphatic hydroxyl groups excluding tert-OH is 2. The fourth-order valence-corrected chi connectivity index (χ4v) is 2.34. The quantitative estimate of drug-likeness (QED) is 0.265. The second-order valence-corrected chi connectivity index (χ2v) is 16.9. The Kier molecular flexibility index (Phi) is 25.8. The van der Waals surface area contributed by atoms with Crippen molar-refractivity contribution in [1.82, 2.24) is 0 Å². The first-order valence-electron chi connectivity index (χ1n) is 8.79. The van der Waals surface area contributed by atoms with Gasteiger partial charge in [-0.3, -0.25) is 0 Å². The van der Waals surface area contributed by atoms with Gasteiger partial charge in [-0.05, 0) is 39.3 Å². The highest BCUT2D eigenvalue weighted by molar-refractivity contribution is 6.70.